The van der Waals surface area contributed by atoms with Gasteiger partial charge in [-0.1, -0.05) is 17.7 Å². The number of likely N-dealkylation sites (N-methyl/N-ethyl adjacent to an activating group) is 1. The van der Waals surface area contributed by atoms with E-state index in [-0.39, 0.29) is 12.1 Å². The molecule has 0 amide bonds. The molecule has 1 saturated heterocycles. The van der Waals surface area contributed by atoms with Crippen LogP contribution in [0.5, 0.6) is 0 Å². The lowest BCUT2D eigenvalue weighted by Gasteiger charge is -2.26. The number of esters is 1. The van der Waals surface area contributed by atoms with Crippen LogP contribution in [-0.4, -0.2) is 32.2 Å². The fraction of sp³-hybridized carbons (Fsp3) is 0.500. The van der Waals surface area contributed by atoms with E-state index in [1.807, 2.05) is 31.2 Å². The van der Waals surface area contributed by atoms with Crippen LogP contribution >= 0.6 is 0 Å². The molecule has 3 nitrogen and oxygen atoms in total. The lowest BCUT2D eigenvalue weighted by atomic mass is 10.1. The van der Waals surface area contributed by atoms with Gasteiger partial charge in [0, 0.05) is 6.42 Å². The number of piperidine rings is 1. The highest BCUT2D eigenvalue weighted by molar-refractivity contribution is 5.89. The Labute approximate surface area is 102 Å². The van der Waals surface area contributed by atoms with Crippen LogP contribution in [0.1, 0.15) is 28.8 Å². The minimum atomic E-state index is -0.190. The van der Waals surface area contributed by atoms with E-state index in [1.165, 1.54) is 11.4 Å². The molecular formula is C14H20NO2+. The molecule has 3 heteroatoms. The van der Waals surface area contributed by atoms with Gasteiger partial charge in [0.2, 0.25) is 0 Å². The van der Waals surface area contributed by atoms with Crippen LogP contribution in [0.4, 0.5) is 0 Å². The molecule has 17 heavy (non-hydrogen) atoms. The molecule has 0 radical (unpaired) electrons. The summed E-state index contributed by atoms with van der Waals surface area (Å²) in [6, 6.07) is 7.54. The Bertz CT molecular complexity index is 386. The highest BCUT2D eigenvalue weighted by Crippen LogP contribution is 2.09. The minimum Gasteiger partial charge on any atom is -0.453 e. The quantitative estimate of drug-likeness (QED) is 0.768. The van der Waals surface area contributed by atoms with Crippen LogP contribution in [0.25, 0.3) is 0 Å². The van der Waals surface area contributed by atoms with Gasteiger partial charge in [0.1, 0.15) is 6.54 Å². The first-order valence-electron chi connectivity index (χ1n) is 6.24. The van der Waals surface area contributed by atoms with Gasteiger partial charge < -0.3 is 9.64 Å². The molecule has 0 saturated carbocycles. The number of hydrogen-bond acceptors (Lipinski definition) is 2. The zero-order valence-corrected chi connectivity index (χ0v) is 10.5. The molecule has 92 valence electrons. The van der Waals surface area contributed by atoms with Gasteiger partial charge >= 0.3 is 5.97 Å². The van der Waals surface area contributed by atoms with Crippen molar-refractivity contribution in [2.75, 3.05) is 20.1 Å². The normalized spacial score (nSPS) is 24.4. The van der Waals surface area contributed by atoms with Crippen LogP contribution in [0.2, 0.25) is 0 Å². The van der Waals surface area contributed by atoms with E-state index in [1.54, 1.807) is 0 Å². The van der Waals surface area contributed by atoms with E-state index in [0.29, 0.717) is 5.56 Å². The van der Waals surface area contributed by atoms with Crippen molar-refractivity contribution in [1.29, 1.82) is 0 Å². The van der Waals surface area contributed by atoms with E-state index >= 15 is 0 Å². The number of carbonyl (C=O) groups excluding carboxylic acids is 1. The highest BCUT2D eigenvalue weighted by Gasteiger charge is 2.23. The smallest absolute Gasteiger partial charge is 0.338 e. The summed E-state index contributed by atoms with van der Waals surface area (Å²) < 4.78 is 5.53. The second-order valence-electron chi connectivity index (χ2n) is 4.95. The van der Waals surface area contributed by atoms with Crippen LogP contribution in [-0.2, 0) is 4.74 Å². The Morgan fingerprint density at radius 3 is 2.71 bits per heavy atom. The summed E-state index contributed by atoms with van der Waals surface area (Å²) in [5, 5.41) is 0. The lowest BCUT2D eigenvalue weighted by Crippen LogP contribution is -3.11. The molecule has 1 aliphatic heterocycles. The molecule has 2 atom stereocenters. The van der Waals surface area contributed by atoms with E-state index in [0.717, 1.165) is 24.9 Å². The van der Waals surface area contributed by atoms with Gasteiger partial charge in [-0.15, -0.1) is 0 Å². The molecule has 0 aliphatic carbocycles. The maximum Gasteiger partial charge on any atom is 0.338 e. The van der Waals surface area contributed by atoms with E-state index < -0.39 is 0 Å². The second-order valence-corrected chi connectivity index (χ2v) is 4.95. The molecule has 0 spiro atoms. The predicted molar refractivity (Wildman–Crippen MR) is 66.2 cm³/mol. The molecule has 1 unspecified atom stereocenters. The first kappa shape index (κ1) is 12.1. The van der Waals surface area contributed by atoms with E-state index in [2.05, 4.69) is 7.05 Å². The first-order chi connectivity index (χ1) is 8.15. The maximum absolute atomic E-state index is 11.9. The number of benzene rings is 1. The van der Waals surface area contributed by atoms with Crippen LogP contribution < -0.4 is 4.90 Å². The summed E-state index contributed by atoms with van der Waals surface area (Å²) in [7, 11) is 2.14. The molecule has 2 rings (SSSR count). The predicted octanol–water partition coefficient (Wildman–Crippen LogP) is 0.829. The van der Waals surface area contributed by atoms with Gasteiger partial charge in [0.15, 0.2) is 6.10 Å². The average molecular weight is 234 g/mol. The molecule has 1 N–H and O–H groups in total. The zero-order chi connectivity index (χ0) is 12.3. The summed E-state index contributed by atoms with van der Waals surface area (Å²) in [4.78, 5) is 13.3. The average Bonchev–Trinajstić information content (AvgIpc) is 2.29. The molecule has 1 aliphatic rings. The van der Waals surface area contributed by atoms with Crippen molar-refractivity contribution in [1.82, 2.24) is 0 Å². The SMILES string of the molecule is Cc1ccc(C(=O)O[C@@H]2CCC[NH+](C)C2)cc1. The molecule has 1 fully saturated rings. The monoisotopic (exact) mass is 234 g/mol. The van der Waals surface area contributed by atoms with Crippen molar-refractivity contribution in [2.45, 2.75) is 25.9 Å². The number of quaternary nitrogens is 1. The fourth-order valence-electron chi connectivity index (χ4n) is 2.23. The number of hydrogen-bond donors (Lipinski definition) is 1. The Morgan fingerprint density at radius 1 is 1.35 bits per heavy atom. The molecule has 1 heterocycles. The van der Waals surface area contributed by atoms with Gasteiger partial charge in [-0.2, -0.15) is 0 Å². The Morgan fingerprint density at radius 2 is 2.06 bits per heavy atom. The molecule has 1 aromatic carbocycles. The van der Waals surface area contributed by atoms with Gasteiger partial charge in [-0.05, 0) is 25.5 Å². The third-order valence-corrected chi connectivity index (χ3v) is 3.27. The van der Waals surface area contributed by atoms with Crippen molar-refractivity contribution in [3.63, 3.8) is 0 Å². The number of aryl methyl sites for hydroxylation is 1. The minimum absolute atomic E-state index is 0.0811. The van der Waals surface area contributed by atoms with Gasteiger partial charge in [0.25, 0.3) is 0 Å². The number of likely N-dealkylation sites (tertiary alicyclic amines) is 1. The molecular weight excluding hydrogens is 214 g/mol. The molecule has 0 bridgehead atoms. The third-order valence-electron chi connectivity index (χ3n) is 3.27. The summed E-state index contributed by atoms with van der Waals surface area (Å²) >= 11 is 0. The van der Waals surface area contributed by atoms with Crippen LogP contribution in [0.15, 0.2) is 24.3 Å². The summed E-state index contributed by atoms with van der Waals surface area (Å²) in [6.45, 7) is 4.12. The summed E-state index contributed by atoms with van der Waals surface area (Å²) in [6.07, 6.45) is 2.21. The van der Waals surface area contributed by atoms with Gasteiger partial charge in [-0.3, -0.25) is 0 Å². The van der Waals surface area contributed by atoms with E-state index in [4.69, 9.17) is 4.74 Å². The topological polar surface area (TPSA) is 30.7 Å². The number of rotatable bonds is 2. The highest BCUT2D eigenvalue weighted by atomic mass is 16.5. The fourth-order valence-corrected chi connectivity index (χ4v) is 2.23. The van der Waals surface area contributed by atoms with Gasteiger partial charge in [-0.25, -0.2) is 4.79 Å². The standard InChI is InChI=1S/C14H19NO2/c1-11-5-7-12(8-6-11)14(16)17-13-4-3-9-15(2)10-13/h5-8,13H,3-4,9-10H2,1-2H3/p+1/t13-/m1/s1. The maximum atomic E-state index is 11.9. The Kier molecular flexibility index (Phi) is 3.79. The number of nitrogens with one attached hydrogen (secondary N) is 1. The third kappa shape index (κ3) is 3.30. The second kappa shape index (κ2) is 5.32. The van der Waals surface area contributed by atoms with Crippen LogP contribution in [0, 0.1) is 6.92 Å². The molecule has 1 aromatic rings. The number of ether oxygens (including phenoxy) is 1. The van der Waals surface area contributed by atoms with Crippen LogP contribution in [0.3, 0.4) is 0 Å². The van der Waals surface area contributed by atoms with Crippen molar-refractivity contribution in [3.05, 3.63) is 35.4 Å². The first-order valence-corrected chi connectivity index (χ1v) is 6.24. The zero-order valence-electron chi connectivity index (χ0n) is 10.5. The van der Waals surface area contributed by atoms with Gasteiger partial charge in [0.05, 0.1) is 19.2 Å². The lowest BCUT2D eigenvalue weighted by molar-refractivity contribution is -0.888. The van der Waals surface area contributed by atoms with Crippen molar-refractivity contribution < 1.29 is 14.4 Å². The Hall–Kier alpha value is -1.35. The van der Waals surface area contributed by atoms with E-state index in [9.17, 15) is 4.79 Å². The largest absolute Gasteiger partial charge is 0.453 e. The molecule has 0 aromatic heterocycles. The number of carbonyl (C=O) groups is 1. The van der Waals surface area contributed by atoms with Crippen molar-refractivity contribution in [2.24, 2.45) is 0 Å². The van der Waals surface area contributed by atoms with Crippen molar-refractivity contribution in [3.8, 4) is 0 Å². The summed E-state index contributed by atoms with van der Waals surface area (Å²) in [5.41, 5.74) is 1.81. The van der Waals surface area contributed by atoms with Crippen molar-refractivity contribution >= 4 is 5.97 Å². The summed E-state index contributed by atoms with van der Waals surface area (Å²) in [5.74, 6) is -0.190. The Balaban J connectivity index is 1.94.